The van der Waals surface area contributed by atoms with Crippen LogP contribution < -0.4 is 16.0 Å². The van der Waals surface area contributed by atoms with Gasteiger partial charge in [0.15, 0.2) is 0 Å². The van der Waals surface area contributed by atoms with Crippen molar-refractivity contribution in [2.45, 2.75) is 156 Å². The molecule has 1 aliphatic heterocycles. The largest absolute Gasteiger partial charge is 0.467 e. The minimum absolute atomic E-state index is 0.00371. The van der Waals surface area contributed by atoms with Gasteiger partial charge in [-0.2, -0.15) is 0 Å². The summed E-state index contributed by atoms with van der Waals surface area (Å²) in [6, 6.07) is 6.87. The van der Waals surface area contributed by atoms with E-state index in [0.29, 0.717) is 19.0 Å². The Hall–Kier alpha value is -3.59. The van der Waals surface area contributed by atoms with E-state index in [2.05, 4.69) is 34.7 Å². The number of rotatable bonds is 27. The number of amides is 4. The van der Waals surface area contributed by atoms with Crippen LogP contribution in [-0.2, 0) is 44.6 Å². The van der Waals surface area contributed by atoms with E-state index in [1.807, 2.05) is 78.9 Å². The van der Waals surface area contributed by atoms with Crippen LogP contribution in [0.15, 0.2) is 30.3 Å². The Kier molecular flexibility index (Phi) is 23.5. The number of hydrogen-bond donors (Lipinski definition) is 3. The van der Waals surface area contributed by atoms with E-state index < -0.39 is 54.3 Å². The summed E-state index contributed by atoms with van der Waals surface area (Å²) in [6.07, 6.45) is 3.00. The summed E-state index contributed by atoms with van der Waals surface area (Å²) in [5, 5.41) is 9.45. The smallest absolute Gasteiger partial charge is 0.328 e. The monoisotopic (exact) mass is 859 g/mol. The molecule has 1 fully saturated rings. The van der Waals surface area contributed by atoms with Crippen LogP contribution in [0.1, 0.15) is 106 Å². The molecular formula is C47H82N6O8. The summed E-state index contributed by atoms with van der Waals surface area (Å²) >= 11 is 0. The van der Waals surface area contributed by atoms with Crippen molar-refractivity contribution in [3.8, 4) is 0 Å². The van der Waals surface area contributed by atoms with Crippen molar-refractivity contribution in [3.05, 3.63) is 35.9 Å². The van der Waals surface area contributed by atoms with Crippen LogP contribution in [0.4, 0.5) is 0 Å². The second kappa shape index (κ2) is 26.8. The summed E-state index contributed by atoms with van der Waals surface area (Å²) in [4.78, 5) is 74.9. The van der Waals surface area contributed by atoms with Crippen LogP contribution in [0.2, 0.25) is 0 Å². The molecular weight excluding hydrogens is 777 g/mol. The zero-order valence-corrected chi connectivity index (χ0v) is 40.0. The van der Waals surface area contributed by atoms with Gasteiger partial charge in [0.1, 0.15) is 12.1 Å². The van der Waals surface area contributed by atoms with Gasteiger partial charge in [-0.05, 0) is 69.1 Å². The first-order valence-electron chi connectivity index (χ1n) is 22.6. The highest BCUT2D eigenvalue weighted by atomic mass is 16.5. The van der Waals surface area contributed by atoms with Gasteiger partial charge in [0, 0.05) is 40.3 Å². The van der Waals surface area contributed by atoms with Crippen molar-refractivity contribution >= 4 is 29.6 Å². The SMILES string of the molecule is CC[C@H](C)[C@@H]([C@@H](CC(=O)N1CCC[C@H]1[C@H](OC)[C@@H](C)C(=O)N[C@@H](Cc1ccccc1)C(=O)OC)OC)N(C)C(=O)[C@@H](NC(=O)[C@H](C(C)C)N(C)CCCCNC(C)C)C(C)C. The quantitative estimate of drug-likeness (QED) is 0.0839. The Morgan fingerprint density at radius 1 is 0.852 bits per heavy atom. The molecule has 0 spiro atoms. The van der Waals surface area contributed by atoms with Gasteiger partial charge in [-0.1, -0.05) is 99.1 Å². The number of esters is 1. The molecule has 14 heteroatoms. The van der Waals surface area contributed by atoms with E-state index in [1.165, 1.54) is 14.2 Å². The third-order valence-corrected chi connectivity index (χ3v) is 12.4. The zero-order chi connectivity index (χ0) is 46.0. The topological polar surface area (TPSA) is 159 Å². The molecule has 2 rings (SSSR count). The molecule has 0 saturated carbocycles. The van der Waals surface area contributed by atoms with Crippen molar-refractivity contribution in [3.63, 3.8) is 0 Å². The van der Waals surface area contributed by atoms with Crippen molar-refractivity contribution in [2.24, 2.45) is 23.7 Å². The maximum Gasteiger partial charge on any atom is 0.328 e. The van der Waals surface area contributed by atoms with Gasteiger partial charge in [-0.3, -0.25) is 24.1 Å². The van der Waals surface area contributed by atoms with Crippen LogP contribution in [0.25, 0.3) is 0 Å². The van der Waals surface area contributed by atoms with Gasteiger partial charge < -0.3 is 40.0 Å². The summed E-state index contributed by atoms with van der Waals surface area (Å²) in [5.41, 5.74) is 0.876. The molecule has 0 bridgehead atoms. The lowest BCUT2D eigenvalue weighted by atomic mass is 9.89. The lowest BCUT2D eigenvalue weighted by Crippen LogP contribution is -2.60. The minimum atomic E-state index is -0.894. The van der Waals surface area contributed by atoms with Crippen molar-refractivity contribution in [1.29, 1.82) is 0 Å². The Labute approximate surface area is 367 Å². The second-order valence-electron chi connectivity index (χ2n) is 18.1. The highest BCUT2D eigenvalue weighted by Gasteiger charge is 2.43. The van der Waals surface area contributed by atoms with Crippen molar-refractivity contribution < 1.29 is 38.2 Å². The summed E-state index contributed by atoms with van der Waals surface area (Å²) in [6.45, 7) is 20.2. The number of unbranched alkanes of at least 4 members (excludes halogenated alkanes) is 1. The number of likely N-dealkylation sites (N-methyl/N-ethyl adjacent to an activating group) is 2. The van der Waals surface area contributed by atoms with E-state index in [0.717, 1.165) is 44.3 Å². The highest BCUT2D eigenvalue weighted by Crippen LogP contribution is 2.30. The fourth-order valence-corrected chi connectivity index (χ4v) is 8.79. The fraction of sp³-hybridized carbons (Fsp3) is 0.766. The van der Waals surface area contributed by atoms with Gasteiger partial charge in [0.25, 0.3) is 0 Å². The molecule has 9 atom stereocenters. The van der Waals surface area contributed by atoms with Gasteiger partial charge in [0.2, 0.25) is 23.6 Å². The number of ether oxygens (including phenoxy) is 3. The Balaban J connectivity index is 2.25. The zero-order valence-electron chi connectivity index (χ0n) is 40.0. The van der Waals surface area contributed by atoms with Crippen LogP contribution in [0, 0.1) is 23.7 Å². The molecule has 61 heavy (non-hydrogen) atoms. The average molecular weight is 859 g/mol. The third kappa shape index (κ3) is 15.9. The second-order valence-corrected chi connectivity index (χ2v) is 18.1. The Morgan fingerprint density at radius 2 is 1.51 bits per heavy atom. The molecule has 3 N–H and O–H groups in total. The highest BCUT2D eigenvalue weighted by molar-refractivity contribution is 5.90. The van der Waals surface area contributed by atoms with Crippen LogP contribution >= 0.6 is 0 Å². The molecule has 0 radical (unpaired) electrons. The Morgan fingerprint density at radius 3 is 2.05 bits per heavy atom. The van der Waals surface area contributed by atoms with E-state index in [9.17, 15) is 24.0 Å². The number of benzene rings is 1. The fourth-order valence-electron chi connectivity index (χ4n) is 8.79. The molecule has 1 heterocycles. The normalized spacial score (nSPS) is 18.3. The predicted octanol–water partition coefficient (Wildman–Crippen LogP) is 4.68. The maximum atomic E-state index is 14.5. The molecule has 1 saturated heterocycles. The van der Waals surface area contributed by atoms with Gasteiger partial charge in [0.05, 0.1) is 49.8 Å². The lowest BCUT2D eigenvalue weighted by Gasteiger charge is -2.41. The standard InChI is InChI=1S/C47H82N6O8/c1-15-33(8)42(52(11)46(57)40(30(2)3)50-45(56)41(31(4)5)51(10)26-20-19-25-48-32(6)7)38(59-12)29-39(54)53-27-21-24-37(53)43(60-13)34(9)44(55)49-36(47(58)61-14)28-35-22-17-16-18-23-35/h16-18,22-23,30-34,36-38,40-43,48H,15,19-21,24-29H2,1-14H3,(H,49,55)(H,50,56)/t33-,34+,36-,37-,38+,40-,41-,42-,43+/m0/s1. The van der Waals surface area contributed by atoms with Gasteiger partial charge in [-0.25, -0.2) is 4.79 Å². The molecule has 4 amide bonds. The van der Waals surface area contributed by atoms with Gasteiger partial charge >= 0.3 is 5.97 Å². The molecule has 14 nitrogen and oxygen atoms in total. The first-order chi connectivity index (χ1) is 28.8. The summed E-state index contributed by atoms with van der Waals surface area (Å²) < 4.78 is 17.1. The number of likely N-dealkylation sites (tertiary alicyclic amines) is 1. The maximum absolute atomic E-state index is 14.5. The summed E-state index contributed by atoms with van der Waals surface area (Å²) in [7, 11) is 8.11. The summed E-state index contributed by atoms with van der Waals surface area (Å²) in [5.74, 6) is -2.42. The first-order valence-corrected chi connectivity index (χ1v) is 22.6. The predicted molar refractivity (Wildman–Crippen MR) is 241 cm³/mol. The van der Waals surface area contributed by atoms with Gasteiger partial charge in [-0.15, -0.1) is 0 Å². The minimum Gasteiger partial charge on any atom is -0.467 e. The Bertz CT molecular complexity index is 1490. The lowest BCUT2D eigenvalue weighted by molar-refractivity contribution is -0.149. The molecule has 1 aromatic rings. The van der Waals surface area contributed by atoms with E-state index >= 15 is 0 Å². The number of hydrogen-bond acceptors (Lipinski definition) is 10. The average Bonchev–Trinajstić information content (AvgIpc) is 3.71. The number of methoxy groups -OCH3 is 3. The van der Waals surface area contributed by atoms with Crippen LogP contribution in [0.5, 0.6) is 0 Å². The third-order valence-electron chi connectivity index (χ3n) is 12.4. The molecule has 0 unspecified atom stereocenters. The number of carbonyl (C=O) groups excluding carboxylic acids is 5. The van der Waals surface area contributed by atoms with Crippen LogP contribution in [0.3, 0.4) is 0 Å². The molecule has 1 aromatic carbocycles. The van der Waals surface area contributed by atoms with Crippen molar-refractivity contribution in [1.82, 2.24) is 30.7 Å². The number of carbonyl (C=O) groups is 5. The number of nitrogens with zero attached hydrogens (tertiary/aromatic N) is 3. The van der Waals surface area contributed by atoms with E-state index in [4.69, 9.17) is 14.2 Å². The van der Waals surface area contributed by atoms with E-state index in [-0.39, 0.29) is 54.2 Å². The molecule has 1 aliphatic rings. The number of nitrogens with one attached hydrogen (secondary N) is 3. The molecule has 348 valence electrons. The first kappa shape index (κ1) is 53.5. The van der Waals surface area contributed by atoms with Crippen molar-refractivity contribution in [2.75, 3.05) is 55.1 Å². The van der Waals surface area contributed by atoms with E-state index in [1.54, 1.807) is 30.9 Å². The molecule has 0 aliphatic carbocycles. The van der Waals surface area contributed by atoms with Crippen LogP contribution in [-0.4, -0.2) is 148 Å². The molecule has 0 aromatic heterocycles.